The molecule has 2 amide bonds. The van der Waals surface area contributed by atoms with Crippen molar-refractivity contribution in [3.8, 4) is 0 Å². The summed E-state index contributed by atoms with van der Waals surface area (Å²) in [5.41, 5.74) is -1.47. The smallest absolute Gasteiger partial charge is 0.335 e. The number of alkyl halides is 2. The van der Waals surface area contributed by atoms with E-state index in [2.05, 4.69) is 10.6 Å². The summed E-state index contributed by atoms with van der Waals surface area (Å²) in [4.78, 5) is 36.3. The van der Waals surface area contributed by atoms with E-state index in [1.165, 1.54) is 0 Å². The second-order valence-corrected chi connectivity index (χ2v) is 9.04. The maximum Gasteiger partial charge on any atom is 0.335 e. The molecule has 0 aromatic rings. The molecule has 3 aliphatic rings. The van der Waals surface area contributed by atoms with Crippen molar-refractivity contribution in [2.24, 2.45) is 11.3 Å². The number of hydrogen-bond acceptors (Lipinski definition) is 4. The predicted molar refractivity (Wildman–Crippen MR) is 94.5 cm³/mol. The van der Waals surface area contributed by atoms with E-state index in [4.69, 9.17) is 5.11 Å². The van der Waals surface area contributed by atoms with Gasteiger partial charge in [0.2, 0.25) is 11.8 Å². The van der Waals surface area contributed by atoms with Gasteiger partial charge in [-0.25, -0.2) is 13.6 Å². The third-order valence-electron chi connectivity index (χ3n) is 6.66. The highest BCUT2D eigenvalue weighted by molar-refractivity contribution is 5.91. The predicted octanol–water partition coefficient (Wildman–Crippen LogP) is 1.58. The number of carbonyl (C=O) groups is 3. The highest BCUT2D eigenvalue weighted by Gasteiger charge is 2.61. The summed E-state index contributed by atoms with van der Waals surface area (Å²) >= 11 is 0. The Labute approximate surface area is 162 Å². The molecule has 0 radical (unpaired) electrons. The number of hydrogen-bond donors (Lipinski definition) is 4. The molecule has 7 nitrogen and oxygen atoms in total. The number of carbonyl (C=O) groups excluding carboxylic acids is 2. The molecule has 3 saturated carbocycles. The van der Waals surface area contributed by atoms with Crippen LogP contribution < -0.4 is 10.6 Å². The van der Waals surface area contributed by atoms with E-state index < -0.39 is 53.7 Å². The molecule has 3 atom stereocenters. The van der Waals surface area contributed by atoms with Gasteiger partial charge < -0.3 is 20.8 Å². The zero-order chi connectivity index (χ0) is 20.7. The molecule has 0 bridgehead atoms. The van der Waals surface area contributed by atoms with Crippen molar-refractivity contribution in [1.82, 2.24) is 10.6 Å². The van der Waals surface area contributed by atoms with E-state index in [1.54, 1.807) is 0 Å². The van der Waals surface area contributed by atoms with Crippen molar-refractivity contribution in [2.45, 2.75) is 88.3 Å². The van der Waals surface area contributed by atoms with Crippen LogP contribution in [0.5, 0.6) is 0 Å². The molecule has 9 heteroatoms. The Hall–Kier alpha value is -1.77. The number of halogens is 2. The van der Waals surface area contributed by atoms with Crippen LogP contribution in [0.1, 0.15) is 64.7 Å². The van der Waals surface area contributed by atoms with Crippen molar-refractivity contribution in [3.63, 3.8) is 0 Å². The first-order valence-corrected chi connectivity index (χ1v) is 9.89. The van der Waals surface area contributed by atoms with E-state index in [9.17, 15) is 28.3 Å². The summed E-state index contributed by atoms with van der Waals surface area (Å²) in [5.74, 6) is -7.35. The van der Waals surface area contributed by atoms with E-state index in [1.807, 2.05) is 6.92 Å². The molecule has 4 N–H and O–H groups in total. The number of aliphatic hydroxyl groups excluding tert-OH is 1. The standard InChI is InChI=1S/C19H28F2N2O5/c1-17(5-2-3-6-17)10-12(22-14(25)11-9-19(11,20)21)15(26)23-18(7-4-8-18)13(24)16(27)28/h11-13,24H,2-10H2,1H3,(H,22,25)(H,23,26)(H,27,28)/t11?,12-,13?/m0/s1. The van der Waals surface area contributed by atoms with Gasteiger partial charge in [0.1, 0.15) is 12.0 Å². The minimum Gasteiger partial charge on any atom is -0.479 e. The quantitative estimate of drug-likeness (QED) is 0.492. The SMILES string of the molecule is CC1(C[C@H](NC(=O)C2CC2(F)F)C(=O)NC2(C(O)C(=O)O)CCC2)CCCC1. The maximum atomic E-state index is 13.2. The summed E-state index contributed by atoms with van der Waals surface area (Å²) in [6.45, 7) is 2.00. The van der Waals surface area contributed by atoms with Crippen molar-refractivity contribution < 1.29 is 33.4 Å². The number of carboxylic acids is 1. The molecule has 28 heavy (non-hydrogen) atoms. The van der Waals surface area contributed by atoms with Gasteiger partial charge in [-0.3, -0.25) is 9.59 Å². The average Bonchev–Trinajstić information content (AvgIpc) is 3.00. The van der Waals surface area contributed by atoms with Gasteiger partial charge in [-0.1, -0.05) is 19.8 Å². The molecule has 0 aromatic heterocycles. The summed E-state index contributed by atoms with van der Waals surface area (Å²) in [5, 5.41) is 24.2. The van der Waals surface area contributed by atoms with Gasteiger partial charge in [-0.2, -0.15) is 0 Å². The topological polar surface area (TPSA) is 116 Å². The molecule has 3 rings (SSSR count). The molecular formula is C19H28F2N2O5. The van der Waals surface area contributed by atoms with Crippen LogP contribution in [0, 0.1) is 11.3 Å². The van der Waals surface area contributed by atoms with Crippen LogP contribution in [0.25, 0.3) is 0 Å². The summed E-state index contributed by atoms with van der Waals surface area (Å²) in [6, 6.07) is -1.04. The number of rotatable bonds is 8. The molecule has 158 valence electrons. The lowest BCUT2D eigenvalue weighted by molar-refractivity contribution is -0.156. The van der Waals surface area contributed by atoms with Crippen LogP contribution in [0.2, 0.25) is 0 Å². The number of aliphatic hydroxyl groups is 1. The number of amides is 2. The molecule has 3 fully saturated rings. The minimum atomic E-state index is -3.03. The second-order valence-electron chi connectivity index (χ2n) is 9.04. The van der Waals surface area contributed by atoms with Crippen LogP contribution >= 0.6 is 0 Å². The Kier molecular flexibility index (Phi) is 5.42. The Morgan fingerprint density at radius 2 is 1.68 bits per heavy atom. The molecule has 0 aliphatic heterocycles. The fourth-order valence-corrected chi connectivity index (χ4v) is 4.50. The highest BCUT2D eigenvalue weighted by atomic mass is 19.3. The van der Waals surface area contributed by atoms with Crippen LogP contribution in [-0.2, 0) is 14.4 Å². The van der Waals surface area contributed by atoms with Crippen LogP contribution in [0.4, 0.5) is 8.78 Å². The Morgan fingerprint density at radius 1 is 1.11 bits per heavy atom. The van der Waals surface area contributed by atoms with Gasteiger partial charge in [0.15, 0.2) is 6.10 Å². The molecule has 0 aromatic carbocycles. The molecule has 3 aliphatic carbocycles. The number of nitrogens with one attached hydrogen (secondary N) is 2. The lowest BCUT2D eigenvalue weighted by atomic mass is 9.72. The fraction of sp³-hybridized carbons (Fsp3) is 0.842. The second kappa shape index (κ2) is 7.24. The lowest BCUT2D eigenvalue weighted by Crippen LogP contribution is -2.66. The van der Waals surface area contributed by atoms with Gasteiger partial charge in [-0.05, 0) is 43.9 Å². The molecular weight excluding hydrogens is 374 g/mol. The number of carboxylic acid groups (broad SMARTS) is 1. The first-order valence-electron chi connectivity index (χ1n) is 9.89. The third-order valence-corrected chi connectivity index (χ3v) is 6.66. The zero-order valence-corrected chi connectivity index (χ0v) is 16.0. The largest absolute Gasteiger partial charge is 0.479 e. The third kappa shape index (κ3) is 4.14. The van der Waals surface area contributed by atoms with Crippen molar-refractivity contribution >= 4 is 17.8 Å². The molecule has 0 saturated heterocycles. The summed E-state index contributed by atoms with van der Waals surface area (Å²) < 4.78 is 26.5. The van der Waals surface area contributed by atoms with Crippen molar-refractivity contribution in [3.05, 3.63) is 0 Å². The van der Waals surface area contributed by atoms with Gasteiger partial charge in [-0.15, -0.1) is 0 Å². The minimum absolute atomic E-state index is 0.195. The average molecular weight is 402 g/mol. The fourth-order valence-electron chi connectivity index (χ4n) is 4.50. The van der Waals surface area contributed by atoms with Gasteiger partial charge >= 0.3 is 5.97 Å². The van der Waals surface area contributed by atoms with Gasteiger partial charge in [0.25, 0.3) is 5.92 Å². The maximum absolute atomic E-state index is 13.2. The van der Waals surface area contributed by atoms with E-state index in [0.717, 1.165) is 25.7 Å². The molecule has 2 unspecified atom stereocenters. The van der Waals surface area contributed by atoms with Gasteiger partial charge in [0, 0.05) is 6.42 Å². The van der Waals surface area contributed by atoms with Crippen LogP contribution in [0.3, 0.4) is 0 Å². The zero-order valence-electron chi connectivity index (χ0n) is 16.0. The first-order chi connectivity index (χ1) is 13.0. The highest BCUT2D eigenvalue weighted by Crippen LogP contribution is 2.49. The Balaban J connectivity index is 1.72. The van der Waals surface area contributed by atoms with Crippen LogP contribution in [-0.4, -0.2) is 51.6 Å². The normalized spacial score (nSPS) is 28.5. The van der Waals surface area contributed by atoms with Crippen molar-refractivity contribution in [1.29, 1.82) is 0 Å². The van der Waals surface area contributed by atoms with Crippen molar-refractivity contribution in [2.75, 3.05) is 0 Å². The van der Waals surface area contributed by atoms with E-state index >= 15 is 0 Å². The van der Waals surface area contributed by atoms with Gasteiger partial charge in [0.05, 0.1) is 5.54 Å². The monoisotopic (exact) mass is 402 g/mol. The van der Waals surface area contributed by atoms with Crippen LogP contribution in [0.15, 0.2) is 0 Å². The summed E-state index contributed by atoms with van der Waals surface area (Å²) in [7, 11) is 0. The Morgan fingerprint density at radius 3 is 2.11 bits per heavy atom. The first kappa shape index (κ1) is 21.0. The lowest BCUT2D eigenvalue weighted by Gasteiger charge is -2.45. The molecule has 0 heterocycles. The number of aliphatic carboxylic acids is 1. The van der Waals surface area contributed by atoms with E-state index in [0.29, 0.717) is 25.7 Å². The molecule has 0 spiro atoms. The summed E-state index contributed by atoms with van der Waals surface area (Å²) in [6.07, 6.45) is 3.04. The Bertz CT molecular complexity index is 659. The van der Waals surface area contributed by atoms with E-state index in [-0.39, 0.29) is 5.41 Å².